The van der Waals surface area contributed by atoms with Gasteiger partial charge in [0.15, 0.2) is 5.78 Å². The molecule has 3 fully saturated rings. The first kappa shape index (κ1) is 27.9. The Kier molecular flexibility index (Phi) is 6.74. The molecule has 0 bridgehead atoms. The molecule has 36 heavy (non-hydrogen) atoms. The van der Waals surface area contributed by atoms with Gasteiger partial charge in [-0.25, -0.2) is 0 Å². The fraction of sp³-hybridized carbons (Fsp3) is 0.821. The number of allylic oxidation sites excluding steroid dienone is 1. The van der Waals surface area contributed by atoms with Gasteiger partial charge in [-0.2, -0.15) is 0 Å². The third kappa shape index (κ3) is 3.79. The van der Waals surface area contributed by atoms with Crippen LogP contribution in [0.2, 0.25) is 0 Å². The Bertz CT molecular complexity index is 955. The summed E-state index contributed by atoms with van der Waals surface area (Å²) >= 11 is 0. The number of fused-ring (bicyclic) bond motifs is 5. The number of aliphatic hydroxyl groups is 7. The fourth-order valence-electron chi connectivity index (χ4n) is 8.31. The van der Waals surface area contributed by atoms with E-state index in [1.165, 1.54) is 6.92 Å². The molecule has 8 nitrogen and oxygen atoms in total. The highest BCUT2D eigenvalue weighted by Gasteiger charge is 2.69. The van der Waals surface area contributed by atoms with E-state index in [4.69, 9.17) is 0 Å². The molecule has 0 radical (unpaired) electrons. The molecule has 0 amide bonds. The van der Waals surface area contributed by atoms with Gasteiger partial charge < -0.3 is 35.7 Å². The standard InChI is InChI=1S/C28H44O8/c1-15(26(4,34)14-29)10-23(33)27(5,35)22-7-9-28(36)17-11-19(30)18-12-20(31)21(32)13-24(18,2)16(17)6-8-25(22,28)3/h11,16,18,20-23,29,31-36H,1,6-10,12-14H2,2-5H3/t16-,18-,20+,21-,22-,23+,24+,25+,26-,27+,28+/m0/s1. The maximum absolute atomic E-state index is 13.3. The van der Waals surface area contributed by atoms with Crippen molar-refractivity contribution in [3.63, 3.8) is 0 Å². The largest absolute Gasteiger partial charge is 0.393 e. The molecule has 0 heterocycles. The molecule has 0 aromatic rings. The van der Waals surface area contributed by atoms with E-state index in [0.717, 1.165) is 0 Å². The van der Waals surface area contributed by atoms with Crippen LogP contribution in [0.1, 0.15) is 72.6 Å². The Morgan fingerprint density at radius 3 is 2.39 bits per heavy atom. The molecular formula is C28H44O8. The zero-order valence-electron chi connectivity index (χ0n) is 21.9. The molecule has 0 aliphatic heterocycles. The normalized spacial score (nSPS) is 46.5. The lowest BCUT2D eigenvalue weighted by molar-refractivity contribution is -0.175. The van der Waals surface area contributed by atoms with Gasteiger partial charge in [0, 0.05) is 11.3 Å². The molecule has 8 heteroatoms. The lowest BCUT2D eigenvalue weighted by atomic mass is 9.45. The Morgan fingerprint density at radius 2 is 1.78 bits per heavy atom. The minimum Gasteiger partial charge on any atom is -0.393 e. The number of ketones is 1. The zero-order chi connectivity index (χ0) is 27.1. The highest BCUT2D eigenvalue weighted by atomic mass is 16.3. The van der Waals surface area contributed by atoms with Gasteiger partial charge in [-0.1, -0.05) is 20.4 Å². The molecule has 3 saturated carbocycles. The molecule has 0 saturated heterocycles. The fourth-order valence-corrected chi connectivity index (χ4v) is 8.31. The minimum atomic E-state index is -1.63. The molecule has 4 aliphatic rings. The van der Waals surface area contributed by atoms with Crippen molar-refractivity contribution >= 4 is 5.78 Å². The van der Waals surface area contributed by atoms with Crippen LogP contribution in [-0.4, -0.2) is 83.3 Å². The monoisotopic (exact) mass is 508 g/mol. The molecule has 7 N–H and O–H groups in total. The summed E-state index contributed by atoms with van der Waals surface area (Å²) in [5, 5.41) is 75.4. The van der Waals surface area contributed by atoms with Gasteiger partial charge >= 0.3 is 0 Å². The van der Waals surface area contributed by atoms with E-state index in [-0.39, 0.29) is 36.5 Å². The highest BCUT2D eigenvalue weighted by Crippen LogP contribution is 2.68. The van der Waals surface area contributed by atoms with Crippen molar-refractivity contribution in [3.8, 4) is 0 Å². The Labute approximate surface area is 213 Å². The molecule has 11 atom stereocenters. The summed E-state index contributed by atoms with van der Waals surface area (Å²) in [6.07, 6.45) is 0.764. The first-order valence-electron chi connectivity index (χ1n) is 13.2. The zero-order valence-corrected chi connectivity index (χ0v) is 21.9. The molecule has 0 unspecified atom stereocenters. The molecule has 0 aromatic carbocycles. The number of carbonyl (C=O) groups excluding carboxylic acids is 1. The van der Waals surface area contributed by atoms with E-state index >= 15 is 0 Å². The van der Waals surface area contributed by atoms with Crippen molar-refractivity contribution < 1.29 is 40.5 Å². The summed E-state index contributed by atoms with van der Waals surface area (Å²) in [6, 6.07) is 0. The van der Waals surface area contributed by atoms with Crippen molar-refractivity contribution in [3.05, 3.63) is 23.8 Å². The van der Waals surface area contributed by atoms with Crippen LogP contribution in [0.4, 0.5) is 0 Å². The highest BCUT2D eigenvalue weighted by molar-refractivity contribution is 5.95. The van der Waals surface area contributed by atoms with Gasteiger partial charge in [-0.05, 0) is 93.3 Å². The van der Waals surface area contributed by atoms with E-state index in [1.54, 1.807) is 13.0 Å². The van der Waals surface area contributed by atoms with Crippen molar-refractivity contribution in [2.24, 2.45) is 28.6 Å². The second-order valence-electron chi connectivity index (χ2n) is 13.1. The third-order valence-electron chi connectivity index (χ3n) is 11.0. The first-order chi connectivity index (χ1) is 16.5. The smallest absolute Gasteiger partial charge is 0.159 e. The Hall–Kier alpha value is -1.13. The van der Waals surface area contributed by atoms with Crippen LogP contribution in [-0.2, 0) is 4.79 Å². The number of hydrogen-bond donors (Lipinski definition) is 7. The second kappa shape index (κ2) is 8.70. The predicted octanol–water partition coefficient (Wildman–Crippen LogP) is 0.992. The average molecular weight is 509 g/mol. The maximum atomic E-state index is 13.3. The minimum absolute atomic E-state index is 0.116. The lowest BCUT2D eigenvalue weighted by Gasteiger charge is -2.60. The summed E-state index contributed by atoms with van der Waals surface area (Å²) < 4.78 is 0. The first-order valence-corrected chi connectivity index (χ1v) is 13.2. The van der Waals surface area contributed by atoms with Crippen molar-refractivity contribution in [1.82, 2.24) is 0 Å². The van der Waals surface area contributed by atoms with Crippen LogP contribution in [0.15, 0.2) is 23.8 Å². The third-order valence-corrected chi connectivity index (χ3v) is 11.0. The van der Waals surface area contributed by atoms with Crippen LogP contribution in [0, 0.1) is 28.6 Å². The summed E-state index contributed by atoms with van der Waals surface area (Å²) in [5.74, 6) is -1.18. The van der Waals surface area contributed by atoms with E-state index in [0.29, 0.717) is 31.3 Å². The second-order valence-corrected chi connectivity index (χ2v) is 13.1. The summed E-state index contributed by atoms with van der Waals surface area (Å²) in [7, 11) is 0. The molecule has 4 rings (SSSR count). The van der Waals surface area contributed by atoms with Crippen LogP contribution >= 0.6 is 0 Å². The summed E-state index contributed by atoms with van der Waals surface area (Å²) in [6.45, 7) is 10.1. The Morgan fingerprint density at radius 1 is 1.14 bits per heavy atom. The molecular weight excluding hydrogens is 464 g/mol. The van der Waals surface area contributed by atoms with Gasteiger partial charge in [0.1, 0.15) is 5.60 Å². The molecule has 4 aliphatic carbocycles. The number of carbonyl (C=O) groups is 1. The lowest BCUT2D eigenvalue weighted by Crippen LogP contribution is -2.63. The van der Waals surface area contributed by atoms with E-state index in [1.807, 2.05) is 13.8 Å². The number of hydrogen-bond acceptors (Lipinski definition) is 8. The van der Waals surface area contributed by atoms with Crippen LogP contribution in [0.25, 0.3) is 0 Å². The van der Waals surface area contributed by atoms with Crippen molar-refractivity contribution in [1.29, 1.82) is 0 Å². The van der Waals surface area contributed by atoms with E-state index in [9.17, 15) is 40.5 Å². The van der Waals surface area contributed by atoms with E-state index < -0.39 is 64.4 Å². The molecule has 204 valence electrons. The summed E-state index contributed by atoms with van der Waals surface area (Å²) in [4.78, 5) is 13.3. The number of aliphatic hydroxyl groups excluding tert-OH is 4. The average Bonchev–Trinajstić information content (AvgIpc) is 3.07. The molecule has 0 aromatic heterocycles. The quantitative estimate of drug-likeness (QED) is 0.262. The maximum Gasteiger partial charge on any atom is 0.159 e. The van der Waals surface area contributed by atoms with Gasteiger partial charge in [-0.15, -0.1) is 0 Å². The van der Waals surface area contributed by atoms with Gasteiger partial charge in [0.05, 0.1) is 36.1 Å². The van der Waals surface area contributed by atoms with Crippen molar-refractivity contribution in [2.75, 3.05) is 6.61 Å². The predicted molar refractivity (Wildman–Crippen MR) is 133 cm³/mol. The van der Waals surface area contributed by atoms with Crippen molar-refractivity contribution in [2.45, 2.75) is 108 Å². The topological polar surface area (TPSA) is 159 Å². The van der Waals surface area contributed by atoms with E-state index in [2.05, 4.69) is 6.58 Å². The van der Waals surface area contributed by atoms with Gasteiger partial charge in [-0.3, -0.25) is 4.79 Å². The SMILES string of the molecule is C=C(C[C@@H](O)[C@](C)(O)[C@H]1CC[C@@]2(O)C3=CC(=O)[C@@H]4C[C@@H](O)[C@@H](O)C[C@]4(C)[C@H]3CC[C@]12C)[C@@](C)(O)CO. The van der Waals surface area contributed by atoms with Gasteiger partial charge in [0.25, 0.3) is 0 Å². The summed E-state index contributed by atoms with van der Waals surface area (Å²) in [5.41, 5.74) is -5.12. The van der Waals surface area contributed by atoms with Crippen LogP contribution < -0.4 is 0 Å². The van der Waals surface area contributed by atoms with Gasteiger partial charge in [0.2, 0.25) is 0 Å². The van der Waals surface area contributed by atoms with Crippen LogP contribution in [0.5, 0.6) is 0 Å². The number of rotatable bonds is 6. The van der Waals surface area contributed by atoms with Crippen LogP contribution in [0.3, 0.4) is 0 Å². The Balaban J connectivity index is 1.66. The molecule has 0 spiro atoms.